The molecular weight excluding hydrogens is 858 g/mol. The molecule has 3 aromatic carbocycles. The van der Waals surface area contributed by atoms with Gasteiger partial charge >= 0.3 is 0 Å². The number of likely N-dealkylation sites (tertiary alicyclic amines) is 1. The van der Waals surface area contributed by atoms with E-state index in [-0.39, 0.29) is 37.6 Å². The van der Waals surface area contributed by atoms with Crippen molar-refractivity contribution in [1.82, 2.24) is 15.2 Å². The van der Waals surface area contributed by atoms with Crippen molar-refractivity contribution >= 4 is 63.6 Å². The fraction of sp³-hybridized carbons (Fsp3) is 0.490. The van der Waals surface area contributed by atoms with Gasteiger partial charge in [0.1, 0.15) is 12.1 Å². The predicted molar refractivity (Wildman–Crippen MR) is 260 cm³/mol. The summed E-state index contributed by atoms with van der Waals surface area (Å²) < 4.78 is 14.7. The smallest absolute Gasteiger partial charge is 0.258 e. The number of aromatic nitrogens is 1. The minimum atomic E-state index is -1.96. The van der Waals surface area contributed by atoms with Crippen molar-refractivity contribution in [1.29, 1.82) is 0 Å². The van der Waals surface area contributed by atoms with E-state index in [1.807, 2.05) is 24.6 Å². The molecule has 0 bridgehead atoms. The summed E-state index contributed by atoms with van der Waals surface area (Å²) in [5.41, 5.74) is 10.7. The molecule has 1 aromatic heterocycles. The molecule has 1 aliphatic carbocycles. The van der Waals surface area contributed by atoms with Gasteiger partial charge in [-0.25, -0.2) is 9.37 Å². The topological polar surface area (TPSA) is 196 Å². The van der Waals surface area contributed by atoms with Gasteiger partial charge in [0.05, 0.1) is 33.6 Å². The molecule has 4 aromatic rings. The van der Waals surface area contributed by atoms with Crippen molar-refractivity contribution in [2.75, 3.05) is 28.2 Å². The number of carbonyl (C=O) groups is 5. The largest absolute Gasteiger partial charge is 0.397 e. The molecule has 66 heavy (non-hydrogen) atoms. The first-order chi connectivity index (χ1) is 31.5. The summed E-state index contributed by atoms with van der Waals surface area (Å²) in [7, 11) is 0. The average molecular weight is 924 g/mol. The number of rotatable bonds is 22. The van der Waals surface area contributed by atoms with Gasteiger partial charge < -0.3 is 37.0 Å². The van der Waals surface area contributed by atoms with Crippen LogP contribution < -0.4 is 27.0 Å². The van der Waals surface area contributed by atoms with Gasteiger partial charge in [0, 0.05) is 36.3 Å². The average Bonchev–Trinajstić information content (AvgIpc) is 3.69. The molecule has 3 atom stereocenters. The Morgan fingerprint density at radius 2 is 1.52 bits per heavy atom. The van der Waals surface area contributed by atoms with Gasteiger partial charge in [-0.2, -0.15) is 0 Å². The third kappa shape index (κ3) is 13.7. The number of para-hydroxylation sites is 2. The second-order valence-electron chi connectivity index (χ2n) is 19.0. The zero-order chi connectivity index (χ0) is 47.4. The van der Waals surface area contributed by atoms with Crippen LogP contribution in [-0.2, 0) is 25.6 Å². The van der Waals surface area contributed by atoms with Crippen LogP contribution in [0.4, 0.5) is 27.1 Å². The van der Waals surface area contributed by atoms with Gasteiger partial charge in [-0.1, -0.05) is 90.3 Å². The number of hydrogen-bond donors (Lipinski definition) is 6. The van der Waals surface area contributed by atoms with Crippen molar-refractivity contribution in [2.45, 2.75) is 148 Å². The number of alkyl halides is 1. The Bertz CT molecular complexity index is 2320. The minimum Gasteiger partial charge on any atom is -0.397 e. The van der Waals surface area contributed by atoms with E-state index in [0.717, 1.165) is 92.3 Å². The number of unbranched alkanes of at least 4 members (excludes halogenated alkanes) is 9. The lowest BCUT2D eigenvalue weighted by molar-refractivity contribution is -0.144. The number of hydrogen-bond acceptors (Lipinski definition) is 9. The lowest BCUT2D eigenvalue weighted by Gasteiger charge is -2.35. The molecule has 354 valence electrons. The van der Waals surface area contributed by atoms with Crippen LogP contribution in [0, 0.1) is 12.3 Å². The molecule has 7 N–H and O–H groups in total. The number of nitrogens with zero attached hydrogens (tertiary/aromatic N) is 2. The van der Waals surface area contributed by atoms with E-state index in [4.69, 9.17) is 5.73 Å². The number of aliphatic hydroxyl groups is 1. The Labute approximate surface area is 391 Å². The predicted octanol–water partition coefficient (Wildman–Crippen LogP) is 9.36. The van der Waals surface area contributed by atoms with Gasteiger partial charge in [-0.15, -0.1) is 11.3 Å². The van der Waals surface area contributed by atoms with Gasteiger partial charge in [0.2, 0.25) is 17.7 Å². The second kappa shape index (κ2) is 22.7. The van der Waals surface area contributed by atoms with E-state index in [1.165, 1.54) is 4.90 Å². The highest BCUT2D eigenvalue weighted by Crippen LogP contribution is 2.41. The van der Waals surface area contributed by atoms with Crippen molar-refractivity contribution < 1.29 is 33.5 Å². The fourth-order valence-electron chi connectivity index (χ4n) is 8.33. The van der Waals surface area contributed by atoms with Crippen LogP contribution in [0.25, 0.3) is 10.4 Å². The molecular formula is C51H66FN7O6S. The quantitative estimate of drug-likeness (QED) is 0.0331. The van der Waals surface area contributed by atoms with Crippen LogP contribution in [0.2, 0.25) is 0 Å². The minimum absolute atomic E-state index is 0.0449. The van der Waals surface area contributed by atoms with Crippen molar-refractivity contribution in [3.63, 3.8) is 0 Å². The summed E-state index contributed by atoms with van der Waals surface area (Å²) in [6.07, 6.45) is 11.0. The Kier molecular flexibility index (Phi) is 17.1. The summed E-state index contributed by atoms with van der Waals surface area (Å²) in [6.45, 7) is 7.25. The number of anilines is 4. The Balaban J connectivity index is 0.908. The zero-order valence-corrected chi connectivity index (χ0v) is 39.5. The maximum absolute atomic E-state index is 14.7. The van der Waals surface area contributed by atoms with Gasteiger partial charge in [0.25, 0.3) is 11.8 Å². The second-order valence-corrected chi connectivity index (χ2v) is 19.8. The molecule has 1 saturated heterocycles. The van der Waals surface area contributed by atoms with E-state index in [2.05, 4.69) is 32.3 Å². The summed E-state index contributed by atoms with van der Waals surface area (Å²) in [4.78, 5) is 72.7. The molecule has 2 aliphatic rings. The van der Waals surface area contributed by atoms with Crippen molar-refractivity contribution in [3.8, 4) is 10.4 Å². The molecule has 1 saturated carbocycles. The van der Waals surface area contributed by atoms with Crippen molar-refractivity contribution in [3.05, 3.63) is 89.1 Å². The third-order valence-electron chi connectivity index (χ3n) is 12.5. The van der Waals surface area contributed by atoms with Crippen LogP contribution in [-0.4, -0.2) is 74.9 Å². The first-order valence-electron chi connectivity index (χ1n) is 23.4. The van der Waals surface area contributed by atoms with Crippen LogP contribution in [0.15, 0.2) is 72.2 Å². The molecule has 0 unspecified atom stereocenters. The van der Waals surface area contributed by atoms with Crippen LogP contribution in [0.3, 0.4) is 0 Å². The summed E-state index contributed by atoms with van der Waals surface area (Å²) in [5, 5.41) is 22.1. The van der Waals surface area contributed by atoms with Crippen LogP contribution in [0.1, 0.15) is 132 Å². The number of nitrogens with two attached hydrogens (primary N) is 1. The molecule has 0 radical (unpaired) electrons. The molecule has 2 heterocycles. The standard InChI is InChI=1S/C51H66FN7O6S/c1-33-44(66-32-54-33)36-23-26-40(56-47(63)42-30-38(60)31-59(42)48(64)45(50(2,3)4)58-49(65)51(52)27-28-51)35(29-36)17-13-11-9-7-5-6-8-10-12-14-20-43(61)55-37-24-21-34(22-25-37)46(62)57-41-19-16-15-18-39(41)53/h15-16,18-19,21-26,29,32,38,42,45,60H,5-14,17,20,27-28,30-31,53H2,1-4H3,(H,55,61)(H,56,63)(H,57,62)(H,58,65)/t38-,42+,45-/m1/s1. The Morgan fingerprint density at radius 1 is 0.864 bits per heavy atom. The first-order valence-corrected chi connectivity index (χ1v) is 24.3. The normalized spacial score (nSPS) is 16.9. The number of nitrogens with one attached hydrogen (secondary N) is 4. The molecule has 2 fully saturated rings. The molecule has 1 aliphatic heterocycles. The fourth-order valence-corrected chi connectivity index (χ4v) is 9.13. The van der Waals surface area contributed by atoms with E-state index in [9.17, 15) is 33.5 Å². The lowest BCUT2D eigenvalue weighted by atomic mass is 9.85. The molecule has 6 rings (SSSR count). The number of carbonyl (C=O) groups excluding carboxylic acids is 5. The van der Waals surface area contributed by atoms with Gasteiger partial charge in [0.15, 0.2) is 5.67 Å². The number of thiazole rings is 1. The highest BCUT2D eigenvalue weighted by Gasteiger charge is 2.53. The Morgan fingerprint density at radius 3 is 2.14 bits per heavy atom. The number of benzene rings is 3. The number of aryl methyl sites for hydroxylation is 2. The molecule has 0 spiro atoms. The van der Waals surface area contributed by atoms with E-state index in [1.54, 1.807) is 80.6 Å². The van der Waals surface area contributed by atoms with Crippen molar-refractivity contribution in [2.24, 2.45) is 5.41 Å². The van der Waals surface area contributed by atoms with E-state index < -0.39 is 47.0 Å². The maximum Gasteiger partial charge on any atom is 0.258 e. The van der Waals surface area contributed by atoms with E-state index in [0.29, 0.717) is 34.7 Å². The number of amides is 5. The van der Waals surface area contributed by atoms with Crippen LogP contribution >= 0.6 is 11.3 Å². The Hall–Kier alpha value is -5.67. The monoisotopic (exact) mass is 923 g/mol. The highest BCUT2D eigenvalue weighted by molar-refractivity contribution is 7.13. The number of β-amino-alcohol motifs (C(OH)–C–C–N with tert-alkyl or cyclic N) is 1. The van der Waals surface area contributed by atoms with Gasteiger partial charge in [-0.05, 0) is 104 Å². The zero-order valence-electron chi connectivity index (χ0n) is 38.7. The lowest BCUT2D eigenvalue weighted by Crippen LogP contribution is -2.58. The molecule has 13 nitrogen and oxygen atoms in total. The number of nitrogen functional groups attached to an aromatic ring is 1. The molecule has 15 heteroatoms. The highest BCUT2D eigenvalue weighted by atomic mass is 32.1. The van der Waals surface area contributed by atoms with Gasteiger partial charge in [-0.3, -0.25) is 24.0 Å². The SMILES string of the molecule is Cc1ncsc1-c1ccc(NC(=O)[C@@H]2C[C@@H](O)CN2C(=O)[C@@H](NC(=O)C2(F)CC2)C(C)(C)C)c(CCCCCCCCCCCCC(=O)Nc2ccc(C(=O)Nc3ccccc3N)cc2)c1. The first kappa shape index (κ1) is 49.8. The summed E-state index contributed by atoms with van der Waals surface area (Å²) >= 11 is 1.56. The number of halogens is 1. The number of aliphatic hydroxyl groups excluding tert-OH is 1. The summed E-state index contributed by atoms with van der Waals surface area (Å²) in [5.74, 6) is -2.08. The molecule has 5 amide bonds. The van der Waals surface area contributed by atoms with Crippen LogP contribution in [0.5, 0.6) is 0 Å². The third-order valence-corrected chi connectivity index (χ3v) is 13.4. The van der Waals surface area contributed by atoms with E-state index >= 15 is 0 Å². The summed E-state index contributed by atoms with van der Waals surface area (Å²) in [6, 6.07) is 17.8. The maximum atomic E-state index is 14.7.